The molecule has 0 bridgehead atoms. The number of H-pyrrole nitrogens is 5. The lowest BCUT2D eigenvalue weighted by Crippen LogP contribution is -2.33. The summed E-state index contributed by atoms with van der Waals surface area (Å²) in [5.74, 6) is 1.85. The highest BCUT2D eigenvalue weighted by Gasteiger charge is 2.37. The van der Waals surface area contributed by atoms with E-state index in [2.05, 4.69) is 106 Å². The summed E-state index contributed by atoms with van der Waals surface area (Å²) in [6.07, 6.45) is 7.46. The van der Waals surface area contributed by atoms with Gasteiger partial charge in [0.2, 0.25) is 33.6 Å². The number of hydrogen-bond acceptors (Lipinski definition) is 16. The summed E-state index contributed by atoms with van der Waals surface area (Å²) in [5, 5.41) is 27.7. The fourth-order valence-corrected chi connectivity index (χ4v) is 13.3. The van der Waals surface area contributed by atoms with Crippen LogP contribution >= 0.6 is 0 Å². The SMILES string of the molecule is CCCCC(CC)C(=O)Nc1ccc(-c2cn3[nH]c(C)c(C)c3n2)cc1.CCOC(=O)c1[nH]n2c(nc3ccccc32)c1C.Cc1[nH]n2c(nc3ccccc32)c1C.Cc1[nH]n2nc(C(C)CN3C(=O)CC(C)C3=O)nc2c1C.Cc1c(OCCOc2ccccc2)nn2[nH]c(-c3cccc(NS(C)(=O)=O)c3)nc12. The van der Waals surface area contributed by atoms with E-state index in [0.717, 1.165) is 138 Å². The zero-order chi connectivity index (χ0) is 77.5. The number of fused-ring (bicyclic) bond motifs is 9. The third-order valence-electron chi connectivity index (χ3n) is 19.2. The number of para-hydroxylation sites is 5. The number of imidazole rings is 3. The van der Waals surface area contributed by atoms with Gasteiger partial charge in [-0.3, -0.25) is 49.5 Å². The van der Waals surface area contributed by atoms with Gasteiger partial charge in [0.05, 0.1) is 52.4 Å². The molecular weight excluding hydrogens is 1410 g/mol. The summed E-state index contributed by atoms with van der Waals surface area (Å²) in [5.41, 5.74) is 21.1. The molecule has 3 atom stereocenters. The number of rotatable bonds is 20. The molecule has 10 aromatic heterocycles. The van der Waals surface area contributed by atoms with Gasteiger partial charge < -0.3 is 19.5 Å². The van der Waals surface area contributed by atoms with Crippen LogP contribution in [0.4, 0.5) is 11.4 Å². The highest BCUT2D eigenvalue weighted by Crippen LogP contribution is 2.30. The van der Waals surface area contributed by atoms with Gasteiger partial charge in [-0.05, 0) is 136 Å². The van der Waals surface area contributed by atoms with E-state index in [0.29, 0.717) is 67.3 Å². The number of likely N-dealkylation sites (tertiary alicyclic amines) is 1. The van der Waals surface area contributed by atoms with E-state index in [1.165, 1.54) is 20.8 Å². The molecule has 3 unspecified atom stereocenters. The molecule has 1 aliphatic rings. The van der Waals surface area contributed by atoms with Gasteiger partial charge in [-0.25, -0.2) is 51.7 Å². The second kappa shape index (κ2) is 32.8. The van der Waals surface area contributed by atoms with Crippen LogP contribution in [-0.2, 0) is 29.1 Å². The lowest BCUT2D eigenvalue weighted by molar-refractivity contribution is -0.139. The Morgan fingerprint density at radius 2 is 1.23 bits per heavy atom. The monoisotopic (exact) mass is 1500 g/mol. The van der Waals surface area contributed by atoms with E-state index >= 15 is 0 Å². The standard InChI is InChI=1S/C21H28N4O.C20H21N5O4S.C14H19N5O2.C13H13N3O2.C11H11N3/c1-5-7-8-16(6-2)21(26)22-18-11-9-17(10-12-18)19-13-25-20(23-19)14(3)15(4)24-25;1-14-19-21-18(15-7-6-8-16(13-15)24-30(2,26)27)22-25(19)23-20(14)29-12-11-28-17-9-4-3-5-10-17;1-7-5-11(20)18(14(7)21)6-8(2)12-15-13-9(3)10(4)16-19(13)17-12;1-3-18-13(17)11-8(2)12-14-9-6-4-5-7-10(9)16(12)15-11;1-7-8(2)13-14-10-6-4-3-5-9(10)12-11(7)14/h9-13,16,24H,5-8H2,1-4H3,(H,22,26);3-10,13,24H,11-12H2,1-2H3,(H,21,22);7-8,16H,5-6H2,1-4H3;4-7,15H,3H2,1-2H3;3-6,13H,1-2H3. The van der Waals surface area contributed by atoms with Crippen molar-refractivity contribution in [2.45, 2.75) is 128 Å². The van der Waals surface area contributed by atoms with Gasteiger partial charge in [-0.15, -0.1) is 10.2 Å². The van der Waals surface area contributed by atoms with Crippen molar-refractivity contribution in [1.82, 2.24) is 88.3 Å². The van der Waals surface area contributed by atoms with Crippen molar-refractivity contribution in [3.63, 3.8) is 0 Å². The minimum atomic E-state index is -3.36. The molecule has 11 heterocycles. The first kappa shape index (κ1) is 76.3. The number of nitrogens with one attached hydrogen (secondary N) is 7. The van der Waals surface area contributed by atoms with E-state index in [1.807, 2.05) is 164 Å². The zero-order valence-corrected chi connectivity index (χ0v) is 64.5. The molecule has 0 spiro atoms. The van der Waals surface area contributed by atoms with Gasteiger partial charge in [0.15, 0.2) is 39.9 Å². The molecule has 29 nitrogen and oxygen atoms in total. The first-order valence-corrected chi connectivity index (χ1v) is 38.3. The minimum Gasteiger partial charge on any atom is -0.490 e. The third-order valence-corrected chi connectivity index (χ3v) is 19.8. The van der Waals surface area contributed by atoms with Gasteiger partial charge >= 0.3 is 5.97 Å². The first-order valence-electron chi connectivity index (χ1n) is 36.4. The van der Waals surface area contributed by atoms with Gasteiger partial charge in [-0.2, -0.15) is 9.26 Å². The Morgan fingerprint density at radius 3 is 1.86 bits per heavy atom. The van der Waals surface area contributed by atoms with Crippen LogP contribution in [0.5, 0.6) is 11.6 Å². The number of aryl methyl sites for hydroxylation is 8. The molecule has 16 rings (SSSR count). The van der Waals surface area contributed by atoms with E-state index in [9.17, 15) is 27.6 Å². The van der Waals surface area contributed by atoms with Crippen LogP contribution in [0.15, 0.2) is 134 Å². The molecule has 0 radical (unpaired) electrons. The van der Waals surface area contributed by atoms with Crippen LogP contribution in [0.2, 0.25) is 0 Å². The number of ether oxygens (including phenoxy) is 3. The first-order chi connectivity index (χ1) is 52.3. The van der Waals surface area contributed by atoms with Crippen molar-refractivity contribution >= 4 is 95.4 Å². The number of benzene rings is 5. The summed E-state index contributed by atoms with van der Waals surface area (Å²) in [7, 11) is -3.36. The number of nitrogens with zero attached hydrogens (tertiary/aromatic N) is 13. The Bertz CT molecular complexity index is 5880. The minimum absolute atomic E-state index is 0.0868. The lowest BCUT2D eigenvalue weighted by Gasteiger charge is -2.17. The van der Waals surface area contributed by atoms with Crippen molar-refractivity contribution < 1.29 is 41.8 Å². The van der Waals surface area contributed by atoms with Crippen LogP contribution in [0.3, 0.4) is 0 Å². The van der Waals surface area contributed by atoms with Gasteiger partial charge in [0, 0.05) is 92.6 Å². The number of imide groups is 1. The molecule has 568 valence electrons. The lowest BCUT2D eigenvalue weighted by atomic mass is 9.98. The van der Waals surface area contributed by atoms with E-state index in [1.54, 1.807) is 36.7 Å². The van der Waals surface area contributed by atoms with Crippen LogP contribution < -0.4 is 19.5 Å². The molecule has 1 saturated heterocycles. The molecule has 15 aromatic rings. The number of aromatic nitrogens is 17. The normalized spacial score (nSPS) is 13.5. The van der Waals surface area contributed by atoms with E-state index in [4.69, 9.17) is 19.2 Å². The Balaban J connectivity index is 0.000000130. The molecule has 109 heavy (non-hydrogen) atoms. The van der Waals surface area contributed by atoms with E-state index in [-0.39, 0.29) is 41.4 Å². The number of unbranched alkanes of at least 4 members (excludes halogenated alkanes) is 1. The van der Waals surface area contributed by atoms with E-state index < -0.39 is 10.0 Å². The van der Waals surface area contributed by atoms with Crippen molar-refractivity contribution in [2.24, 2.45) is 11.8 Å². The summed E-state index contributed by atoms with van der Waals surface area (Å²) < 4.78 is 50.7. The topological polar surface area (TPSA) is 349 Å². The third kappa shape index (κ3) is 16.9. The van der Waals surface area contributed by atoms with Gasteiger partial charge in [0.25, 0.3) is 0 Å². The second-order valence-corrected chi connectivity index (χ2v) is 29.1. The maximum absolute atomic E-state index is 12.4. The Morgan fingerprint density at radius 1 is 0.615 bits per heavy atom. The number of hydrogen-bond donors (Lipinski definition) is 7. The van der Waals surface area contributed by atoms with Crippen molar-refractivity contribution in [2.75, 3.05) is 42.7 Å². The highest BCUT2D eigenvalue weighted by atomic mass is 32.2. The summed E-state index contributed by atoms with van der Waals surface area (Å²) >= 11 is 0. The van der Waals surface area contributed by atoms with Gasteiger partial charge in [0.1, 0.15) is 24.7 Å². The highest BCUT2D eigenvalue weighted by molar-refractivity contribution is 7.92. The molecule has 0 saturated carbocycles. The zero-order valence-electron chi connectivity index (χ0n) is 63.7. The Labute approximate surface area is 629 Å². The summed E-state index contributed by atoms with van der Waals surface area (Å²) in [6.45, 7) is 27.2. The summed E-state index contributed by atoms with van der Waals surface area (Å²) in [4.78, 5) is 72.2. The van der Waals surface area contributed by atoms with Gasteiger partial charge in [-0.1, -0.05) is 107 Å². The average molecular weight is 1500 g/mol. The fraction of sp³-hybridized carbons (Fsp3) is 0.329. The molecule has 1 fully saturated rings. The molecular formula is C79H92N20O9S. The van der Waals surface area contributed by atoms with Crippen molar-refractivity contribution in [1.29, 1.82) is 0 Å². The average Bonchev–Trinajstić information content (AvgIpc) is 1.62. The van der Waals surface area contributed by atoms with Crippen LogP contribution in [0, 0.1) is 67.2 Å². The molecule has 5 aromatic carbocycles. The largest absolute Gasteiger partial charge is 0.490 e. The maximum atomic E-state index is 12.4. The van der Waals surface area contributed by atoms with Crippen LogP contribution in [0.1, 0.15) is 134 Å². The maximum Gasteiger partial charge on any atom is 0.356 e. The number of amides is 3. The number of anilines is 2. The number of sulfonamides is 1. The second-order valence-electron chi connectivity index (χ2n) is 27.3. The summed E-state index contributed by atoms with van der Waals surface area (Å²) in [6, 6.07) is 40.3. The molecule has 7 N–H and O–H groups in total. The number of carbonyl (C=O) groups excluding carboxylic acids is 4. The molecule has 30 heteroatoms. The van der Waals surface area contributed by atoms with Crippen molar-refractivity contribution in [3.8, 4) is 34.3 Å². The number of esters is 1. The number of carbonyl (C=O) groups is 4. The predicted molar refractivity (Wildman–Crippen MR) is 420 cm³/mol. The van der Waals surface area contributed by atoms with Crippen LogP contribution in [0.25, 0.3) is 72.9 Å². The van der Waals surface area contributed by atoms with Crippen LogP contribution in [-0.4, -0.2) is 153 Å². The molecule has 3 amide bonds. The number of aromatic amines is 5. The molecule has 0 aliphatic carbocycles. The Kier molecular flexibility index (Phi) is 23.0. The predicted octanol–water partition coefficient (Wildman–Crippen LogP) is 13.9. The Hall–Kier alpha value is -12.3. The van der Waals surface area contributed by atoms with Crippen molar-refractivity contribution in [3.05, 3.63) is 190 Å². The quantitative estimate of drug-likeness (QED) is 0.0212. The fourth-order valence-electron chi connectivity index (χ4n) is 12.7. The smallest absolute Gasteiger partial charge is 0.356 e. The molecule has 1 aliphatic heterocycles.